The van der Waals surface area contributed by atoms with Crippen molar-refractivity contribution in [1.29, 1.82) is 0 Å². The van der Waals surface area contributed by atoms with E-state index in [1.807, 2.05) is 17.7 Å². The van der Waals surface area contributed by atoms with E-state index in [1.54, 1.807) is 14.2 Å². The molecule has 1 atom stereocenters. The van der Waals surface area contributed by atoms with E-state index in [2.05, 4.69) is 28.7 Å². The Morgan fingerprint density at radius 1 is 1.17 bits per heavy atom. The number of benzene rings is 1. The van der Waals surface area contributed by atoms with Crippen molar-refractivity contribution in [3.63, 3.8) is 0 Å². The average Bonchev–Trinajstić information content (AvgIpc) is 3.48. The van der Waals surface area contributed by atoms with Gasteiger partial charge >= 0.3 is 0 Å². The number of methoxy groups -OCH3 is 2. The number of fused-ring (bicyclic) bond motifs is 1. The molecule has 1 N–H and O–H groups in total. The first-order valence-electron chi connectivity index (χ1n) is 10.1. The Hall–Kier alpha value is -2.94. The van der Waals surface area contributed by atoms with E-state index >= 15 is 0 Å². The van der Waals surface area contributed by atoms with Crippen LogP contribution in [0.25, 0.3) is 0 Å². The first-order valence-corrected chi connectivity index (χ1v) is 10.1. The number of rotatable bonds is 9. The van der Waals surface area contributed by atoms with Gasteiger partial charge < -0.3 is 29.1 Å². The van der Waals surface area contributed by atoms with Gasteiger partial charge in [-0.3, -0.25) is 4.68 Å². The number of aromatic nitrogens is 2. The highest BCUT2D eigenvalue weighted by Crippen LogP contribution is 2.49. The van der Waals surface area contributed by atoms with Gasteiger partial charge in [-0.1, -0.05) is 5.16 Å². The second-order valence-corrected chi connectivity index (χ2v) is 7.33. The minimum atomic E-state index is -0.0645. The van der Waals surface area contributed by atoms with Crippen molar-refractivity contribution in [2.45, 2.75) is 45.9 Å². The smallest absolute Gasteiger partial charge is 0.231 e. The molecule has 0 saturated carbocycles. The van der Waals surface area contributed by atoms with Crippen molar-refractivity contribution >= 4 is 5.71 Å². The molecule has 0 fully saturated rings. The molecule has 9 nitrogen and oxygen atoms in total. The van der Waals surface area contributed by atoms with Crippen molar-refractivity contribution in [2.24, 2.45) is 5.16 Å². The Kier molecular flexibility index (Phi) is 5.98. The van der Waals surface area contributed by atoms with Crippen LogP contribution < -0.4 is 24.3 Å². The molecule has 0 amide bonds. The van der Waals surface area contributed by atoms with Gasteiger partial charge in [-0.25, -0.2) is 0 Å². The molecule has 1 aromatic heterocycles. The van der Waals surface area contributed by atoms with Crippen LogP contribution in [0.4, 0.5) is 0 Å². The summed E-state index contributed by atoms with van der Waals surface area (Å²) in [5, 5.41) is 12.2. The molecule has 0 spiro atoms. The molecule has 1 aromatic carbocycles. The molecular formula is C21H28N4O5. The standard InChI is InChI=1S/C21H28N4O5/c1-5-25-11-15(13(2)23-25)9-22-10-16-8-17(30-24-16)6-14-7-18(26-3)20-21(19(14)27-4)29-12-28-20/h7,11,17,22H,5-6,8-10,12H2,1-4H3. The Bertz CT molecular complexity index is 940. The van der Waals surface area contributed by atoms with Crippen LogP contribution in [-0.2, 0) is 24.3 Å². The van der Waals surface area contributed by atoms with Crippen LogP contribution >= 0.6 is 0 Å². The highest BCUT2D eigenvalue weighted by Gasteiger charge is 2.30. The number of nitrogens with zero attached hydrogens (tertiary/aromatic N) is 3. The van der Waals surface area contributed by atoms with Crippen LogP contribution in [0.5, 0.6) is 23.0 Å². The zero-order valence-corrected chi connectivity index (χ0v) is 17.9. The van der Waals surface area contributed by atoms with E-state index in [0.29, 0.717) is 36.0 Å². The zero-order valence-electron chi connectivity index (χ0n) is 17.9. The highest BCUT2D eigenvalue weighted by atomic mass is 16.7. The van der Waals surface area contributed by atoms with Crippen molar-refractivity contribution < 1.29 is 23.8 Å². The van der Waals surface area contributed by atoms with Crippen LogP contribution in [0.2, 0.25) is 0 Å². The molecule has 30 heavy (non-hydrogen) atoms. The number of oxime groups is 1. The maximum atomic E-state index is 5.67. The Morgan fingerprint density at radius 3 is 2.73 bits per heavy atom. The largest absolute Gasteiger partial charge is 0.493 e. The summed E-state index contributed by atoms with van der Waals surface area (Å²) in [5.41, 5.74) is 4.18. The van der Waals surface area contributed by atoms with Crippen LogP contribution in [0, 0.1) is 6.92 Å². The predicted octanol–water partition coefficient (Wildman–Crippen LogP) is 2.43. The van der Waals surface area contributed by atoms with E-state index in [-0.39, 0.29) is 12.9 Å². The maximum absolute atomic E-state index is 5.67. The fourth-order valence-corrected chi connectivity index (χ4v) is 3.77. The number of nitrogens with one attached hydrogen (secondary N) is 1. The van der Waals surface area contributed by atoms with Gasteiger partial charge in [0.2, 0.25) is 18.3 Å². The maximum Gasteiger partial charge on any atom is 0.231 e. The molecule has 2 aliphatic heterocycles. The third-order valence-corrected chi connectivity index (χ3v) is 5.32. The highest BCUT2D eigenvalue weighted by molar-refractivity contribution is 5.87. The summed E-state index contributed by atoms with van der Waals surface area (Å²) in [6.07, 6.45) is 3.40. The zero-order chi connectivity index (χ0) is 21.1. The lowest BCUT2D eigenvalue weighted by atomic mass is 10.0. The number of ether oxygens (including phenoxy) is 4. The van der Waals surface area contributed by atoms with Crippen molar-refractivity contribution in [3.05, 3.63) is 29.1 Å². The van der Waals surface area contributed by atoms with Gasteiger partial charge in [0.25, 0.3) is 0 Å². The summed E-state index contributed by atoms with van der Waals surface area (Å²) in [4.78, 5) is 5.67. The number of hydrogen-bond acceptors (Lipinski definition) is 8. The molecule has 0 bridgehead atoms. The summed E-state index contributed by atoms with van der Waals surface area (Å²) in [7, 11) is 3.23. The topological polar surface area (TPSA) is 88.4 Å². The molecule has 3 heterocycles. The minimum absolute atomic E-state index is 0.0645. The van der Waals surface area contributed by atoms with Gasteiger partial charge in [0, 0.05) is 49.8 Å². The predicted molar refractivity (Wildman–Crippen MR) is 111 cm³/mol. The average molecular weight is 416 g/mol. The van der Waals surface area contributed by atoms with Gasteiger partial charge in [0.1, 0.15) is 6.10 Å². The minimum Gasteiger partial charge on any atom is -0.493 e. The Morgan fingerprint density at radius 2 is 2.00 bits per heavy atom. The lowest BCUT2D eigenvalue weighted by Crippen LogP contribution is -2.23. The van der Waals surface area contributed by atoms with Gasteiger partial charge in [-0.05, 0) is 19.9 Å². The quantitative estimate of drug-likeness (QED) is 0.672. The molecule has 0 saturated heterocycles. The van der Waals surface area contributed by atoms with Gasteiger partial charge in [0.05, 0.1) is 25.6 Å². The summed E-state index contributed by atoms with van der Waals surface area (Å²) < 4.78 is 24.1. The molecule has 162 valence electrons. The summed E-state index contributed by atoms with van der Waals surface area (Å²) >= 11 is 0. The first kappa shape index (κ1) is 20.3. The second-order valence-electron chi connectivity index (χ2n) is 7.33. The third-order valence-electron chi connectivity index (χ3n) is 5.32. The normalized spacial score (nSPS) is 17.1. The van der Waals surface area contributed by atoms with Gasteiger partial charge in [-0.2, -0.15) is 5.10 Å². The van der Waals surface area contributed by atoms with E-state index in [1.165, 1.54) is 5.56 Å². The number of hydrogen-bond donors (Lipinski definition) is 1. The molecule has 4 rings (SSSR count). The molecule has 0 aliphatic carbocycles. The SMILES string of the molecule is CCn1cc(CNCC2=NOC(Cc3cc(OC)c4c(c3OC)OCO4)C2)c(C)n1. The molecule has 9 heteroatoms. The van der Waals surface area contributed by atoms with Gasteiger partial charge in [-0.15, -0.1) is 0 Å². The van der Waals surface area contributed by atoms with Crippen molar-refractivity contribution in [3.8, 4) is 23.0 Å². The molecule has 2 aromatic rings. The summed E-state index contributed by atoms with van der Waals surface area (Å²) in [6, 6.07) is 1.92. The van der Waals surface area contributed by atoms with E-state index in [0.717, 1.165) is 36.5 Å². The summed E-state index contributed by atoms with van der Waals surface area (Å²) in [5.74, 6) is 2.44. The monoisotopic (exact) mass is 416 g/mol. The summed E-state index contributed by atoms with van der Waals surface area (Å²) in [6.45, 7) is 6.57. The third kappa shape index (κ3) is 4.02. The Labute approximate surface area is 175 Å². The van der Waals surface area contributed by atoms with Gasteiger partial charge in [0.15, 0.2) is 11.5 Å². The lowest BCUT2D eigenvalue weighted by Gasteiger charge is -2.15. The fraction of sp³-hybridized carbons (Fsp3) is 0.524. The van der Waals surface area contributed by atoms with Crippen molar-refractivity contribution in [1.82, 2.24) is 15.1 Å². The Balaban J connectivity index is 1.34. The number of aryl methyl sites for hydroxylation is 2. The van der Waals surface area contributed by atoms with Crippen LogP contribution in [0.3, 0.4) is 0 Å². The van der Waals surface area contributed by atoms with Crippen LogP contribution in [-0.4, -0.2) is 49.2 Å². The van der Waals surface area contributed by atoms with E-state index in [9.17, 15) is 0 Å². The van der Waals surface area contributed by atoms with Crippen molar-refractivity contribution in [2.75, 3.05) is 27.6 Å². The first-order chi connectivity index (χ1) is 14.6. The molecular weight excluding hydrogens is 388 g/mol. The second kappa shape index (κ2) is 8.83. The van der Waals surface area contributed by atoms with E-state index in [4.69, 9.17) is 23.8 Å². The van der Waals surface area contributed by atoms with E-state index < -0.39 is 0 Å². The lowest BCUT2D eigenvalue weighted by molar-refractivity contribution is 0.0853. The molecule has 2 aliphatic rings. The molecule has 0 radical (unpaired) electrons. The molecule has 1 unspecified atom stereocenters. The fourth-order valence-electron chi connectivity index (χ4n) is 3.77. The van der Waals surface area contributed by atoms with Crippen LogP contribution in [0.1, 0.15) is 30.2 Å². The van der Waals surface area contributed by atoms with Crippen LogP contribution in [0.15, 0.2) is 17.4 Å².